The topological polar surface area (TPSA) is 68.8 Å². The third kappa shape index (κ3) is 2.93. The Balaban J connectivity index is 3.03. The molecule has 0 heterocycles. The second kappa shape index (κ2) is 5.47. The first-order chi connectivity index (χ1) is 8.12. The predicted octanol–water partition coefficient (Wildman–Crippen LogP) is 2.32. The van der Waals surface area contributed by atoms with Crippen LogP contribution < -0.4 is 10.1 Å². The van der Waals surface area contributed by atoms with Gasteiger partial charge in [-0.05, 0) is 0 Å². The molecule has 0 saturated heterocycles. The summed E-state index contributed by atoms with van der Waals surface area (Å²) in [4.78, 5) is 0. The van der Waals surface area contributed by atoms with E-state index in [1.165, 1.54) is 13.2 Å². The Morgan fingerprint density at radius 1 is 1.35 bits per heavy atom. The molecule has 0 aromatic heterocycles. The van der Waals surface area contributed by atoms with Gasteiger partial charge in [0.1, 0.15) is 17.7 Å². The molecule has 0 radical (unpaired) electrons. The molecular formula is C11H7F2N3O. The van der Waals surface area contributed by atoms with Crippen LogP contribution in [0.25, 0.3) is 0 Å². The summed E-state index contributed by atoms with van der Waals surface area (Å²) in [5, 5.41) is 19.4. The number of hydrogen-bond donors (Lipinski definition) is 1. The molecule has 1 aromatic rings. The summed E-state index contributed by atoms with van der Waals surface area (Å²) in [7, 11) is 1.20. The van der Waals surface area contributed by atoms with Gasteiger partial charge in [-0.2, -0.15) is 14.9 Å². The molecule has 0 saturated carbocycles. The average molecular weight is 235 g/mol. The van der Waals surface area contributed by atoms with Gasteiger partial charge < -0.3 is 10.1 Å². The van der Waals surface area contributed by atoms with Crippen molar-refractivity contribution in [2.24, 2.45) is 0 Å². The SMILES string of the molecule is COc1cc(NC=C(C#N)C#N)cc(F)c1F. The first-order valence-electron chi connectivity index (χ1n) is 4.42. The maximum atomic E-state index is 13.1. The van der Waals surface area contributed by atoms with E-state index < -0.39 is 11.6 Å². The number of anilines is 1. The van der Waals surface area contributed by atoms with Crippen LogP contribution in [0.5, 0.6) is 5.75 Å². The summed E-state index contributed by atoms with van der Waals surface area (Å²) in [6, 6.07) is 5.33. The van der Waals surface area contributed by atoms with E-state index in [9.17, 15) is 8.78 Å². The average Bonchev–Trinajstić information content (AvgIpc) is 2.34. The fourth-order valence-corrected chi connectivity index (χ4v) is 1.04. The van der Waals surface area contributed by atoms with E-state index in [-0.39, 0.29) is 17.0 Å². The van der Waals surface area contributed by atoms with Gasteiger partial charge in [0, 0.05) is 24.0 Å². The van der Waals surface area contributed by atoms with Gasteiger partial charge in [-0.25, -0.2) is 4.39 Å². The lowest BCUT2D eigenvalue weighted by Crippen LogP contribution is -1.96. The third-order valence-electron chi connectivity index (χ3n) is 1.84. The summed E-state index contributed by atoms with van der Waals surface area (Å²) in [6.45, 7) is 0. The second-order valence-corrected chi connectivity index (χ2v) is 2.90. The van der Waals surface area contributed by atoms with Gasteiger partial charge in [0.15, 0.2) is 11.6 Å². The monoisotopic (exact) mass is 235 g/mol. The molecule has 0 aliphatic rings. The molecule has 4 nitrogen and oxygen atoms in total. The van der Waals surface area contributed by atoms with Gasteiger partial charge in [-0.1, -0.05) is 0 Å². The summed E-state index contributed by atoms with van der Waals surface area (Å²) in [6.07, 6.45) is 1.09. The van der Waals surface area contributed by atoms with Crippen LogP contribution in [0.1, 0.15) is 0 Å². The quantitative estimate of drug-likeness (QED) is 0.816. The van der Waals surface area contributed by atoms with Crippen molar-refractivity contribution in [3.63, 3.8) is 0 Å². The summed E-state index contributed by atoms with van der Waals surface area (Å²) in [5.41, 5.74) is -0.0162. The number of halogens is 2. The highest BCUT2D eigenvalue weighted by Gasteiger charge is 2.10. The molecule has 86 valence electrons. The number of nitriles is 2. The molecule has 6 heteroatoms. The van der Waals surface area contributed by atoms with Crippen LogP contribution in [0.15, 0.2) is 23.9 Å². The van der Waals surface area contributed by atoms with Crippen LogP contribution in [-0.4, -0.2) is 7.11 Å². The van der Waals surface area contributed by atoms with Gasteiger partial charge in [0.05, 0.1) is 7.11 Å². The molecule has 0 atom stereocenters. The Morgan fingerprint density at radius 2 is 2.00 bits per heavy atom. The van der Waals surface area contributed by atoms with Gasteiger partial charge in [-0.15, -0.1) is 0 Å². The predicted molar refractivity (Wildman–Crippen MR) is 55.8 cm³/mol. The number of rotatable bonds is 3. The lowest BCUT2D eigenvalue weighted by atomic mass is 10.2. The highest BCUT2D eigenvalue weighted by molar-refractivity contribution is 5.53. The van der Waals surface area contributed by atoms with Crippen molar-refractivity contribution in [2.45, 2.75) is 0 Å². The lowest BCUT2D eigenvalue weighted by molar-refractivity contribution is 0.372. The zero-order valence-corrected chi connectivity index (χ0v) is 8.79. The number of hydrogen-bond acceptors (Lipinski definition) is 4. The van der Waals surface area contributed by atoms with Crippen molar-refractivity contribution in [3.05, 3.63) is 35.5 Å². The molecule has 0 bridgehead atoms. The standard InChI is InChI=1S/C11H7F2N3O/c1-17-10-3-8(2-9(12)11(10)13)16-6-7(4-14)5-15/h2-3,6,16H,1H3. The maximum absolute atomic E-state index is 13.1. The molecule has 0 unspecified atom stereocenters. The number of allylic oxidation sites excluding steroid dienone is 1. The molecule has 0 spiro atoms. The van der Waals surface area contributed by atoms with Crippen molar-refractivity contribution in [1.29, 1.82) is 10.5 Å². The molecule has 0 fully saturated rings. The number of benzene rings is 1. The molecular weight excluding hydrogens is 228 g/mol. The fourth-order valence-electron chi connectivity index (χ4n) is 1.04. The minimum atomic E-state index is -1.09. The smallest absolute Gasteiger partial charge is 0.200 e. The van der Waals surface area contributed by atoms with Gasteiger partial charge in [-0.3, -0.25) is 0 Å². The van der Waals surface area contributed by atoms with Crippen LogP contribution in [0, 0.1) is 34.3 Å². The molecule has 1 aromatic carbocycles. The van der Waals surface area contributed by atoms with E-state index in [0.29, 0.717) is 0 Å². The number of methoxy groups -OCH3 is 1. The molecule has 1 rings (SSSR count). The summed E-state index contributed by atoms with van der Waals surface area (Å²) >= 11 is 0. The first-order valence-corrected chi connectivity index (χ1v) is 4.42. The van der Waals surface area contributed by atoms with Crippen LogP contribution in [0.4, 0.5) is 14.5 Å². The van der Waals surface area contributed by atoms with Gasteiger partial charge in [0.2, 0.25) is 5.82 Å². The van der Waals surface area contributed by atoms with Crippen LogP contribution in [0.2, 0.25) is 0 Å². The Morgan fingerprint density at radius 3 is 2.53 bits per heavy atom. The van der Waals surface area contributed by atoms with Crippen LogP contribution in [-0.2, 0) is 0 Å². The van der Waals surface area contributed by atoms with Crippen LogP contribution >= 0.6 is 0 Å². The second-order valence-electron chi connectivity index (χ2n) is 2.90. The van der Waals surface area contributed by atoms with Gasteiger partial charge in [0.25, 0.3) is 0 Å². The Kier molecular flexibility index (Phi) is 4.02. The first kappa shape index (κ1) is 12.5. The van der Waals surface area contributed by atoms with Crippen molar-refractivity contribution < 1.29 is 13.5 Å². The molecule has 17 heavy (non-hydrogen) atoms. The van der Waals surface area contributed by atoms with E-state index in [1.54, 1.807) is 12.1 Å². The van der Waals surface area contributed by atoms with E-state index in [2.05, 4.69) is 10.1 Å². The van der Waals surface area contributed by atoms with Crippen molar-refractivity contribution in [2.75, 3.05) is 12.4 Å². The fraction of sp³-hybridized carbons (Fsp3) is 0.0909. The minimum absolute atomic E-state index is 0.170. The molecule has 0 aliphatic heterocycles. The number of nitrogens with one attached hydrogen (secondary N) is 1. The third-order valence-corrected chi connectivity index (χ3v) is 1.84. The zero-order chi connectivity index (χ0) is 12.8. The number of ether oxygens (including phenoxy) is 1. The van der Waals surface area contributed by atoms with Crippen LogP contribution in [0.3, 0.4) is 0 Å². The largest absolute Gasteiger partial charge is 0.493 e. The van der Waals surface area contributed by atoms with Crippen molar-refractivity contribution in [1.82, 2.24) is 0 Å². The minimum Gasteiger partial charge on any atom is -0.493 e. The molecule has 1 N–H and O–H groups in total. The highest BCUT2D eigenvalue weighted by atomic mass is 19.2. The maximum Gasteiger partial charge on any atom is 0.200 e. The van der Waals surface area contributed by atoms with E-state index >= 15 is 0 Å². The van der Waals surface area contributed by atoms with Crippen molar-refractivity contribution in [3.8, 4) is 17.9 Å². The van der Waals surface area contributed by atoms with Gasteiger partial charge >= 0.3 is 0 Å². The van der Waals surface area contributed by atoms with Crippen molar-refractivity contribution >= 4 is 5.69 Å². The Labute approximate surface area is 96.3 Å². The van der Waals surface area contributed by atoms with E-state index in [0.717, 1.165) is 12.3 Å². The lowest BCUT2D eigenvalue weighted by Gasteiger charge is -2.06. The Hall–Kier alpha value is -2.60. The molecule has 0 amide bonds. The zero-order valence-electron chi connectivity index (χ0n) is 8.79. The summed E-state index contributed by atoms with van der Waals surface area (Å²) < 4.78 is 30.8. The van der Waals surface area contributed by atoms with E-state index in [1.807, 2.05) is 0 Å². The Bertz CT molecular complexity index is 525. The number of nitrogens with zero attached hydrogens (tertiary/aromatic N) is 2. The summed E-state index contributed by atoms with van der Waals surface area (Å²) in [5.74, 6) is -2.45. The normalized spacial score (nSPS) is 8.76. The van der Waals surface area contributed by atoms with E-state index in [4.69, 9.17) is 10.5 Å². The molecule has 0 aliphatic carbocycles. The highest BCUT2D eigenvalue weighted by Crippen LogP contribution is 2.24.